The zero-order chi connectivity index (χ0) is 17.3. The zero-order valence-corrected chi connectivity index (χ0v) is 14.0. The van der Waals surface area contributed by atoms with Gasteiger partial charge >= 0.3 is 5.97 Å². The summed E-state index contributed by atoms with van der Waals surface area (Å²) >= 11 is 0. The first-order valence-corrected chi connectivity index (χ1v) is 7.85. The first-order chi connectivity index (χ1) is 11.5. The number of pyridine rings is 1. The standard InChI is InChI=1S/C19H20N2O3/c1-12-11-14(7-9-16(12)24-3)19-15(8-10-18(22)23)21-13(2)5-4-6-17(21)20-19/h4-7,9,11H,8,10H2,1-3H3,(H,22,23). The molecule has 3 rings (SSSR count). The maximum Gasteiger partial charge on any atom is 0.303 e. The van der Waals surface area contributed by atoms with E-state index in [2.05, 4.69) is 0 Å². The van der Waals surface area contributed by atoms with Crippen molar-refractivity contribution in [1.29, 1.82) is 0 Å². The summed E-state index contributed by atoms with van der Waals surface area (Å²) in [6, 6.07) is 11.8. The summed E-state index contributed by atoms with van der Waals surface area (Å²) < 4.78 is 7.36. The van der Waals surface area contributed by atoms with Gasteiger partial charge in [-0.1, -0.05) is 6.07 Å². The summed E-state index contributed by atoms with van der Waals surface area (Å²) in [5.74, 6) is 0.0150. The molecule has 0 fully saturated rings. The van der Waals surface area contributed by atoms with Crippen LogP contribution in [0.25, 0.3) is 16.9 Å². The number of aryl methyl sites for hydroxylation is 3. The molecule has 5 nitrogen and oxygen atoms in total. The molecule has 0 aliphatic heterocycles. The van der Waals surface area contributed by atoms with Gasteiger partial charge in [0.15, 0.2) is 0 Å². The molecule has 2 heterocycles. The van der Waals surface area contributed by atoms with Gasteiger partial charge in [-0.25, -0.2) is 4.98 Å². The third kappa shape index (κ3) is 2.85. The van der Waals surface area contributed by atoms with Crippen molar-refractivity contribution in [2.45, 2.75) is 26.7 Å². The average Bonchev–Trinajstić information content (AvgIpc) is 2.92. The maximum atomic E-state index is 11.1. The number of rotatable bonds is 5. The second kappa shape index (κ2) is 6.35. The minimum Gasteiger partial charge on any atom is -0.496 e. The zero-order valence-electron chi connectivity index (χ0n) is 14.0. The summed E-state index contributed by atoms with van der Waals surface area (Å²) in [5.41, 5.74) is 5.62. The molecular weight excluding hydrogens is 304 g/mol. The van der Waals surface area contributed by atoms with Crippen LogP contribution in [0.15, 0.2) is 36.4 Å². The number of carbonyl (C=O) groups is 1. The van der Waals surface area contributed by atoms with E-state index in [0.717, 1.165) is 39.6 Å². The molecule has 1 N–H and O–H groups in total. The number of nitrogens with zero attached hydrogens (tertiary/aromatic N) is 2. The molecule has 2 aromatic heterocycles. The third-order valence-electron chi connectivity index (χ3n) is 4.18. The molecule has 1 aromatic carbocycles. The van der Waals surface area contributed by atoms with Crippen LogP contribution in [0.3, 0.4) is 0 Å². The van der Waals surface area contributed by atoms with Crippen molar-refractivity contribution in [3.8, 4) is 17.0 Å². The van der Waals surface area contributed by atoms with Gasteiger partial charge in [-0.05, 0) is 49.7 Å². The van der Waals surface area contributed by atoms with E-state index in [1.807, 2.05) is 54.6 Å². The first kappa shape index (κ1) is 16.1. The molecule has 0 unspecified atom stereocenters. The van der Waals surface area contributed by atoms with Crippen molar-refractivity contribution in [2.24, 2.45) is 0 Å². The molecule has 124 valence electrons. The average molecular weight is 324 g/mol. The highest BCUT2D eigenvalue weighted by molar-refractivity contribution is 5.71. The normalized spacial score (nSPS) is 11.0. The Kier molecular flexibility index (Phi) is 4.25. The van der Waals surface area contributed by atoms with Crippen LogP contribution in [-0.4, -0.2) is 27.6 Å². The summed E-state index contributed by atoms with van der Waals surface area (Å²) in [6.45, 7) is 3.99. The van der Waals surface area contributed by atoms with Crippen molar-refractivity contribution in [3.63, 3.8) is 0 Å². The van der Waals surface area contributed by atoms with E-state index in [1.54, 1.807) is 7.11 Å². The second-order valence-electron chi connectivity index (χ2n) is 5.85. The molecule has 0 saturated carbocycles. The van der Waals surface area contributed by atoms with Crippen LogP contribution in [0.5, 0.6) is 5.75 Å². The van der Waals surface area contributed by atoms with Crippen LogP contribution in [0, 0.1) is 13.8 Å². The van der Waals surface area contributed by atoms with Gasteiger partial charge in [-0.15, -0.1) is 0 Å². The van der Waals surface area contributed by atoms with Gasteiger partial charge in [-0.2, -0.15) is 0 Å². The monoisotopic (exact) mass is 324 g/mol. The predicted molar refractivity (Wildman–Crippen MR) is 92.6 cm³/mol. The minimum atomic E-state index is -0.810. The number of ether oxygens (including phenoxy) is 1. The Morgan fingerprint density at radius 3 is 2.71 bits per heavy atom. The molecule has 0 radical (unpaired) electrons. The van der Waals surface area contributed by atoms with E-state index in [0.29, 0.717) is 6.42 Å². The summed E-state index contributed by atoms with van der Waals surface area (Å²) in [4.78, 5) is 15.8. The lowest BCUT2D eigenvalue weighted by Gasteiger charge is -2.09. The Morgan fingerprint density at radius 1 is 1.25 bits per heavy atom. The van der Waals surface area contributed by atoms with Gasteiger partial charge in [0.2, 0.25) is 0 Å². The van der Waals surface area contributed by atoms with E-state index in [-0.39, 0.29) is 6.42 Å². The molecule has 0 spiro atoms. The van der Waals surface area contributed by atoms with Crippen molar-refractivity contribution in [2.75, 3.05) is 7.11 Å². The van der Waals surface area contributed by atoms with Crippen molar-refractivity contribution in [1.82, 2.24) is 9.38 Å². The summed E-state index contributed by atoms with van der Waals surface area (Å²) in [6.07, 6.45) is 0.506. The number of carboxylic acid groups (broad SMARTS) is 1. The van der Waals surface area contributed by atoms with E-state index in [1.165, 1.54) is 0 Å². The van der Waals surface area contributed by atoms with Crippen molar-refractivity contribution < 1.29 is 14.6 Å². The molecule has 24 heavy (non-hydrogen) atoms. The Labute approximate surface area is 140 Å². The fourth-order valence-corrected chi connectivity index (χ4v) is 3.04. The molecule has 0 saturated heterocycles. The van der Waals surface area contributed by atoms with Gasteiger partial charge in [0.1, 0.15) is 11.4 Å². The Hall–Kier alpha value is -2.82. The molecule has 0 bridgehead atoms. The topological polar surface area (TPSA) is 63.8 Å². The molecule has 5 heteroatoms. The number of aliphatic carboxylic acids is 1. The van der Waals surface area contributed by atoms with E-state index >= 15 is 0 Å². The third-order valence-corrected chi connectivity index (χ3v) is 4.18. The fourth-order valence-electron chi connectivity index (χ4n) is 3.04. The fraction of sp³-hybridized carbons (Fsp3) is 0.263. The number of methoxy groups -OCH3 is 1. The van der Waals surface area contributed by atoms with E-state index in [9.17, 15) is 4.79 Å². The highest BCUT2D eigenvalue weighted by atomic mass is 16.5. The number of aromatic nitrogens is 2. The summed E-state index contributed by atoms with van der Waals surface area (Å²) in [7, 11) is 1.65. The highest BCUT2D eigenvalue weighted by Crippen LogP contribution is 2.30. The Bertz CT molecular complexity index is 912. The molecular formula is C19H20N2O3. The quantitative estimate of drug-likeness (QED) is 0.778. The number of imidazole rings is 1. The number of fused-ring (bicyclic) bond motifs is 1. The molecule has 0 aliphatic carbocycles. The lowest BCUT2D eigenvalue weighted by atomic mass is 10.0. The lowest BCUT2D eigenvalue weighted by Crippen LogP contribution is -2.03. The number of hydrogen-bond donors (Lipinski definition) is 1. The van der Waals surface area contributed by atoms with Gasteiger partial charge in [-0.3, -0.25) is 4.79 Å². The molecule has 0 aliphatic rings. The van der Waals surface area contributed by atoms with Crippen molar-refractivity contribution in [3.05, 3.63) is 53.3 Å². The second-order valence-corrected chi connectivity index (χ2v) is 5.85. The van der Waals surface area contributed by atoms with E-state index in [4.69, 9.17) is 14.8 Å². The molecule has 0 amide bonds. The summed E-state index contributed by atoms with van der Waals surface area (Å²) in [5, 5.41) is 9.08. The number of benzene rings is 1. The van der Waals surface area contributed by atoms with Crippen LogP contribution >= 0.6 is 0 Å². The SMILES string of the molecule is COc1ccc(-c2nc3cccc(C)n3c2CCC(=O)O)cc1C. The number of carboxylic acids is 1. The largest absolute Gasteiger partial charge is 0.496 e. The molecule has 0 atom stereocenters. The lowest BCUT2D eigenvalue weighted by molar-refractivity contribution is -0.136. The highest BCUT2D eigenvalue weighted by Gasteiger charge is 2.17. The predicted octanol–water partition coefficient (Wildman–Crippen LogP) is 3.64. The Morgan fingerprint density at radius 2 is 2.04 bits per heavy atom. The molecule has 3 aromatic rings. The van der Waals surface area contributed by atoms with Gasteiger partial charge < -0.3 is 14.2 Å². The van der Waals surface area contributed by atoms with Crippen LogP contribution in [0.2, 0.25) is 0 Å². The van der Waals surface area contributed by atoms with Gasteiger partial charge in [0.25, 0.3) is 0 Å². The van der Waals surface area contributed by atoms with Gasteiger partial charge in [0, 0.05) is 17.7 Å². The van der Waals surface area contributed by atoms with Crippen LogP contribution < -0.4 is 4.74 Å². The van der Waals surface area contributed by atoms with E-state index < -0.39 is 5.97 Å². The Balaban J connectivity index is 2.19. The van der Waals surface area contributed by atoms with Crippen LogP contribution in [0.1, 0.15) is 23.4 Å². The smallest absolute Gasteiger partial charge is 0.303 e. The van der Waals surface area contributed by atoms with Crippen LogP contribution in [-0.2, 0) is 11.2 Å². The minimum absolute atomic E-state index is 0.0737. The first-order valence-electron chi connectivity index (χ1n) is 7.85. The number of hydrogen-bond acceptors (Lipinski definition) is 3. The van der Waals surface area contributed by atoms with Gasteiger partial charge in [0.05, 0.1) is 24.9 Å². The van der Waals surface area contributed by atoms with Crippen LogP contribution in [0.4, 0.5) is 0 Å². The maximum absolute atomic E-state index is 11.1. The van der Waals surface area contributed by atoms with Crippen molar-refractivity contribution >= 4 is 11.6 Å².